The highest BCUT2D eigenvalue weighted by Crippen LogP contribution is 2.09. The van der Waals surface area contributed by atoms with Gasteiger partial charge in [0.25, 0.3) is 0 Å². The molecule has 0 unspecified atom stereocenters. The van der Waals surface area contributed by atoms with E-state index in [-0.39, 0.29) is 0 Å². The summed E-state index contributed by atoms with van der Waals surface area (Å²) >= 11 is 0. The molecule has 0 saturated carbocycles. The van der Waals surface area contributed by atoms with Gasteiger partial charge in [-0.1, -0.05) is 6.92 Å². The maximum Gasteiger partial charge on any atom is 0.194 e. The van der Waals surface area contributed by atoms with Crippen LogP contribution in [0.1, 0.15) is 24.3 Å². The minimum atomic E-state index is 0.356. The van der Waals surface area contributed by atoms with Crippen LogP contribution >= 0.6 is 0 Å². The second-order valence-corrected chi connectivity index (χ2v) is 2.33. The van der Waals surface area contributed by atoms with Crippen LogP contribution < -0.4 is 0 Å². The Morgan fingerprint density at radius 2 is 2.36 bits per heavy atom. The van der Waals surface area contributed by atoms with Crippen molar-refractivity contribution in [2.45, 2.75) is 26.7 Å². The van der Waals surface area contributed by atoms with Crippen LogP contribution in [0.4, 0.5) is 0 Å². The number of carbonyl (C=O) groups is 1. The molecule has 1 rings (SSSR count). The number of aromatic nitrogens is 1. The summed E-state index contributed by atoms with van der Waals surface area (Å²) in [5.41, 5.74) is 0.761. The predicted molar refractivity (Wildman–Crippen MR) is 40.4 cm³/mol. The summed E-state index contributed by atoms with van der Waals surface area (Å²) < 4.78 is 5.25. The monoisotopic (exact) mass is 153 g/mol. The number of hydrogen-bond acceptors (Lipinski definition) is 3. The first kappa shape index (κ1) is 7.98. The maximum absolute atomic E-state index is 10.1. The zero-order valence-electron chi connectivity index (χ0n) is 6.76. The highest BCUT2D eigenvalue weighted by atomic mass is 16.4. The average Bonchev–Trinajstić information content (AvgIpc) is 2.33. The number of rotatable bonds is 3. The summed E-state index contributed by atoms with van der Waals surface area (Å²) in [6, 6.07) is 0. The summed E-state index contributed by atoms with van der Waals surface area (Å²) in [5, 5.41) is 0. The van der Waals surface area contributed by atoms with Crippen LogP contribution in [0.25, 0.3) is 0 Å². The molecule has 0 aromatic carbocycles. The Balaban J connectivity index is 2.87. The molecule has 0 aliphatic carbocycles. The Morgan fingerprint density at radius 1 is 1.64 bits per heavy atom. The van der Waals surface area contributed by atoms with Gasteiger partial charge < -0.3 is 9.21 Å². The van der Waals surface area contributed by atoms with Crippen LogP contribution in [-0.2, 0) is 17.6 Å². The van der Waals surface area contributed by atoms with Crippen LogP contribution in [0.2, 0.25) is 0 Å². The number of hydrogen-bond donors (Lipinski definition) is 0. The lowest BCUT2D eigenvalue weighted by Gasteiger charge is -1.83. The second-order valence-electron chi connectivity index (χ2n) is 2.33. The van der Waals surface area contributed by atoms with E-state index in [4.69, 9.17) is 4.42 Å². The van der Waals surface area contributed by atoms with Crippen molar-refractivity contribution < 1.29 is 9.21 Å². The van der Waals surface area contributed by atoms with Gasteiger partial charge in [0.2, 0.25) is 0 Å². The number of nitrogens with zero attached hydrogens (tertiary/aromatic N) is 1. The van der Waals surface area contributed by atoms with Crippen LogP contribution in [0.15, 0.2) is 4.42 Å². The number of carbonyl (C=O) groups excluding carboxylic acids is 1. The maximum atomic E-state index is 10.1. The molecule has 11 heavy (non-hydrogen) atoms. The molecule has 60 valence electrons. The third kappa shape index (κ3) is 1.67. The van der Waals surface area contributed by atoms with Gasteiger partial charge in [0.1, 0.15) is 12.0 Å². The topological polar surface area (TPSA) is 43.1 Å². The zero-order chi connectivity index (χ0) is 8.27. The molecule has 0 aliphatic rings. The van der Waals surface area contributed by atoms with E-state index in [1.165, 1.54) is 0 Å². The van der Waals surface area contributed by atoms with E-state index in [2.05, 4.69) is 4.98 Å². The van der Waals surface area contributed by atoms with E-state index in [1.54, 1.807) is 0 Å². The molecule has 0 amide bonds. The fourth-order valence-electron chi connectivity index (χ4n) is 0.907. The lowest BCUT2D eigenvalue weighted by Crippen LogP contribution is -1.88. The lowest BCUT2D eigenvalue weighted by molar-refractivity contribution is -0.107. The number of aldehydes is 1. The largest absolute Gasteiger partial charge is 0.446 e. The van der Waals surface area contributed by atoms with E-state index < -0.39 is 0 Å². The SMILES string of the molecule is CCc1nc(CC=O)c(C)o1. The molecule has 1 aromatic heterocycles. The van der Waals surface area contributed by atoms with Gasteiger partial charge in [-0.15, -0.1) is 0 Å². The Labute approximate surface area is 65.4 Å². The van der Waals surface area contributed by atoms with Crippen molar-refractivity contribution in [2.75, 3.05) is 0 Å². The zero-order valence-corrected chi connectivity index (χ0v) is 6.76. The molecular formula is C8H11NO2. The van der Waals surface area contributed by atoms with Gasteiger partial charge in [0, 0.05) is 12.8 Å². The van der Waals surface area contributed by atoms with Gasteiger partial charge in [-0.25, -0.2) is 4.98 Å². The first-order valence-corrected chi connectivity index (χ1v) is 3.66. The minimum absolute atomic E-state index is 0.356. The molecule has 0 fully saturated rings. The van der Waals surface area contributed by atoms with Crippen molar-refractivity contribution >= 4 is 6.29 Å². The molecule has 1 aromatic rings. The van der Waals surface area contributed by atoms with Crippen LogP contribution in [0, 0.1) is 6.92 Å². The molecule has 1 heterocycles. The van der Waals surface area contributed by atoms with E-state index >= 15 is 0 Å². The van der Waals surface area contributed by atoms with Crippen molar-refractivity contribution in [1.29, 1.82) is 0 Å². The predicted octanol–water partition coefficient (Wildman–Crippen LogP) is 1.29. The highest BCUT2D eigenvalue weighted by molar-refractivity contribution is 5.54. The van der Waals surface area contributed by atoms with Gasteiger partial charge in [-0.05, 0) is 6.92 Å². The third-order valence-corrected chi connectivity index (χ3v) is 1.52. The molecule has 0 aliphatic heterocycles. The highest BCUT2D eigenvalue weighted by Gasteiger charge is 2.06. The molecule has 3 heteroatoms. The summed E-state index contributed by atoms with van der Waals surface area (Å²) in [6.07, 6.45) is 1.97. The lowest BCUT2D eigenvalue weighted by atomic mass is 10.3. The smallest absolute Gasteiger partial charge is 0.194 e. The van der Waals surface area contributed by atoms with Crippen molar-refractivity contribution in [1.82, 2.24) is 4.98 Å². The Bertz CT molecular complexity index is 253. The molecule has 0 radical (unpaired) electrons. The quantitative estimate of drug-likeness (QED) is 0.614. The minimum Gasteiger partial charge on any atom is -0.446 e. The molecule has 0 N–H and O–H groups in total. The Morgan fingerprint density at radius 3 is 2.82 bits per heavy atom. The molecular weight excluding hydrogens is 142 g/mol. The van der Waals surface area contributed by atoms with Gasteiger partial charge in [0.15, 0.2) is 5.89 Å². The fraction of sp³-hybridized carbons (Fsp3) is 0.500. The van der Waals surface area contributed by atoms with Gasteiger partial charge in [0.05, 0.1) is 5.69 Å². The summed E-state index contributed by atoms with van der Waals surface area (Å²) in [4.78, 5) is 14.3. The summed E-state index contributed by atoms with van der Waals surface area (Å²) in [7, 11) is 0. The third-order valence-electron chi connectivity index (χ3n) is 1.52. The first-order valence-electron chi connectivity index (χ1n) is 3.66. The molecule has 0 saturated heterocycles. The Hall–Kier alpha value is -1.12. The summed E-state index contributed by atoms with van der Waals surface area (Å²) in [6.45, 7) is 3.79. The summed E-state index contributed by atoms with van der Waals surface area (Å²) in [5.74, 6) is 1.47. The van der Waals surface area contributed by atoms with Gasteiger partial charge in [-0.2, -0.15) is 0 Å². The van der Waals surface area contributed by atoms with Crippen molar-refractivity contribution in [2.24, 2.45) is 0 Å². The van der Waals surface area contributed by atoms with E-state index in [1.807, 2.05) is 13.8 Å². The molecule has 3 nitrogen and oxygen atoms in total. The van der Waals surface area contributed by atoms with Gasteiger partial charge in [-0.3, -0.25) is 0 Å². The number of oxazole rings is 1. The van der Waals surface area contributed by atoms with E-state index in [0.717, 1.165) is 24.2 Å². The van der Waals surface area contributed by atoms with Crippen molar-refractivity contribution in [3.63, 3.8) is 0 Å². The van der Waals surface area contributed by atoms with E-state index in [9.17, 15) is 4.79 Å². The average molecular weight is 153 g/mol. The second kappa shape index (κ2) is 3.32. The number of aryl methyl sites for hydroxylation is 2. The van der Waals surface area contributed by atoms with Crippen LogP contribution in [0.3, 0.4) is 0 Å². The normalized spacial score (nSPS) is 10.0. The first-order chi connectivity index (χ1) is 5.27. The fourth-order valence-corrected chi connectivity index (χ4v) is 0.907. The van der Waals surface area contributed by atoms with E-state index in [0.29, 0.717) is 12.3 Å². The van der Waals surface area contributed by atoms with Crippen molar-refractivity contribution in [3.05, 3.63) is 17.3 Å². The van der Waals surface area contributed by atoms with Crippen molar-refractivity contribution in [3.8, 4) is 0 Å². The van der Waals surface area contributed by atoms with Crippen LogP contribution in [0.5, 0.6) is 0 Å². The van der Waals surface area contributed by atoms with Crippen LogP contribution in [-0.4, -0.2) is 11.3 Å². The standard InChI is InChI=1S/C8H11NO2/c1-3-8-9-7(4-5-10)6(2)11-8/h5H,3-4H2,1-2H3. The molecule has 0 bridgehead atoms. The van der Waals surface area contributed by atoms with Gasteiger partial charge >= 0.3 is 0 Å². The molecule has 0 atom stereocenters. The molecule has 0 spiro atoms. The Kier molecular flexibility index (Phi) is 2.41.